The van der Waals surface area contributed by atoms with Crippen molar-refractivity contribution < 1.29 is 24.2 Å². The molecule has 1 unspecified atom stereocenters. The van der Waals surface area contributed by atoms with Crippen LogP contribution >= 0.6 is 0 Å². The van der Waals surface area contributed by atoms with E-state index in [9.17, 15) is 14.7 Å². The van der Waals surface area contributed by atoms with Crippen LogP contribution < -0.4 is 4.74 Å². The lowest BCUT2D eigenvalue weighted by Crippen LogP contribution is -2.24. The third-order valence-electron chi connectivity index (χ3n) is 2.16. The van der Waals surface area contributed by atoms with Gasteiger partial charge in [-0.15, -0.1) is 0 Å². The van der Waals surface area contributed by atoms with E-state index in [1.165, 1.54) is 6.08 Å². The molecule has 0 radical (unpaired) electrons. The van der Waals surface area contributed by atoms with Gasteiger partial charge in [0.2, 0.25) is 0 Å². The zero-order valence-electron chi connectivity index (χ0n) is 10.6. The van der Waals surface area contributed by atoms with E-state index in [4.69, 9.17) is 9.47 Å². The Hall–Kier alpha value is -2.14. The summed E-state index contributed by atoms with van der Waals surface area (Å²) in [7, 11) is 0. The van der Waals surface area contributed by atoms with Crippen molar-refractivity contribution in [2.75, 3.05) is 13.2 Å². The predicted molar refractivity (Wildman–Crippen MR) is 69.1 cm³/mol. The minimum absolute atomic E-state index is 0.0224. The van der Waals surface area contributed by atoms with Gasteiger partial charge in [0.05, 0.1) is 0 Å². The van der Waals surface area contributed by atoms with Crippen LogP contribution in [0.15, 0.2) is 36.4 Å². The molecular formula is C14H16O5. The van der Waals surface area contributed by atoms with E-state index in [1.807, 2.05) is 0 Å². The van der Waals surface area contributed by atoms with Crippen LogP contribution in [0, 0.1) is 0 Å². The molecule has 0 aromatic heterocycles. The zero-order valence-corrected chi connectivity index (χ0v) is 10.6. The highest BCUT2D eigenvalue weighted by molar-refractivity contribution is 5.81. The average molecular weight is 264 g/mol. The summed E-state index contributed by atoms with van der Waals surface area (Å²) in [4.78, 5) is 21.6. The monoisotopic (exact) mass is 264 g/mol. The number of esters is 1. The van der Waals surface area contributed by atoms with E-state index in [0.717, 1.165) is 0 Å². The standard InChI is InChI=1S/C14H16O5/c1-2-4-14(17)19-10-12(16)9-18-13-6-3-5-11(7-13)8-15/h2-8,12,16H,9-10H2,1H3. The van der Waals surface area contributed by atoms with Gasteiger partial charge in [-0.2, -0.15) is 0 Å². The van der Waals surface area contributed by atoms with Gasteiger partial charge in [-0.1, -0.05) is 18.2 Å². The van der Waals surface area contributed by atoms with E-state index in [2.05, 4.69) is 0 Å². The maximum absolute atomic E-state index is 11.0. The molecule has 102 valence electrons. The predicted octanol–water partition coefficient (Wildman–Crippen LogP) is 1.36. The first-order chi connectivity index (χ1) is 9.15. The van der Waals surface area contributed by atoms with Crippen molar-refractivity contribution >= 4 is 12.3 Å². The van der Waals surface area contributed by atoms with Gasteiger partial charge in [0.1, 0.15) is 31.4 Å². The largest absolute Gasteiger partial charge is 0.491 e. The normalized spacial score (nSPS) is 12.1. The quantitative estimate of drug-likeness (QED) is 0.457. The molecule has 0 saturated carbocycles. The Kier molecular flexibility index (Phi) is 6.32. The molecule has 1 aromatic rings. The minimum Gasteiger partial charge on any atom is -0.491 e. The number of allylic oxidation sites excluding steroid dienone is 1. The summed E-state index contributed by atoms with van der Waals surface area (Å²) in [5.41, 5.74) is 0.492. The molecule has 1 atom stereocenters. The second-order valence-corrected chi connectivity index (χ2v) is 3.79. The number of benzene rings is 1. The molecule has 5 heteroatoms. The van der Waals surface area contributed by atoms with Crippen LogP contribution in [0.2, 0.25) is 0 Å². The first-order valence-electron chi connectivity index (χ1n) is 5.81. The number of rotatable bonds is 7. The van der Waals surface area contributed by atoms with Crippen LogP contribution in [0.5, 0.6) is 5.75 Å². The zero-order chi connectivity index (χ0) is 14.1. The highest BCUT2D eigenvalue weighted by Crippen LogP contribution is 2.12. The number of aliphatic hydroxyl groups excluding tert-OH is 1. The summed E-state index contributed by atoms with van der Waals surface area (Å²) in [6, 6.07) is 6.56. The molecule has 0 spiro atoms. The molecule has 0 saturated heterocycles. The van der Waals surface area contributed by atoms with Crippen LogP contribution in [-0.2, 0) is 9.53 Å². The molecule has 0 aliphatic rings. The molecule has 5 nitrogen and oxygen atoms in total. The lowest BCUT2D eigenvalue weighted by atomic mass is 10.2. The second-order valence-electron chi connectivity index (χ2n) is 3.79. The third-order valence-corrected chi connectivity index (χ3v) is 2.16. The highest BCUT2D eigenvalue weighted by Gasteiger charge is 2.08. The maximum atomic E-state index is 11.0. The molecule has 1 N–H and O–H groups in total. The van der Waals surface area contributed by atoms with Crippen molar-refractivity contribution in [3.05, 3.63) is 42.0 Å². The number of hydrogen-bond acceptors (Lipinski definition) is 5. The number of carbonyl (C=O) groups is 2. The number of ether oxygens (including phenoxy) is 2. The molecule has 0 aliphatic heterocycles. The van der Waals surface area contributed by atoms with Gasteiger partial charge >= 0.3 is 5.97 Å². The SMILES string of the molecule is CC=CC(=O)OCC(O)COc1cccc(C=O)c1. The van der Waals surface area contributed by atoms with Crippen molar-refractivity contribution in [2.24, 2.45) is 0 Å². The minimum atomic E-state index is -0.922. The first-order valence-corrected chi connectivity index (χ1v) is 5.81. The van der Waals surface area contributed by atoms with Crippen LogP contribution in [0.1, 0.15) is 17.3 Å². The van der Waals surface area contributed by atoms with Gasteiger partial charge in [-0.25, -0.2) is 4.79 Å². The van der Waals surface area contributed by atoms with Gasteiger partial charge < -0.3 is 14.6 Å². The van der Waals surface area contributed by atoms with Crippen molar-refractivity contribution in [1.29, 1.82) is 0 Å². The summed E-state index contributed by atoms with van der Waals surface area (Å²) in [5.74, 6) is -0.0343. The average Bonchev–Trinajstić information content (AvgIpc) is 2.43. The molecule has 0 heterocycles. The Labute approximate surface area is 111 Å². The summed E-state index contributed by atoms with van der Waals surface area (Å²) >= 11 is 0. The Balaban J connectivity index is 2.35. The van der Waals surface area contributed by atoms with Gasteiger partial charge in [-0.05, 0) is 19.1 Å². The molecule has 1 aromatic carbocycles. The Morgan fingerprint density at radius 3 is 2.89 bits per heavy atom. The van der Waals surface area contributed by atoms with Crippen LogP contribution in [0.3, 0.4) is 0 Å². The van der Waals surface area contributed by atoms with Crippen molar-refractivity contribution in [1.82, 2.24) is 0 Å². The number of hydrogen-bond donors (Lipinski definition) is 1. The summed E-state index contributed by atoms with van der Waals surface area (Å²) < 4.78 is 10.0. The van der Waals surface area contributed by atoms with E-state index >= 15 is 0 Å². The smallest absolute Gasteiger partial charge is 0.330 e. The van der Waals surface area contributed by atoms with Crippen molar-refractivity contribution in [3.8, 4) is 5.75 Å². The third kappa shape index (κ3) is 5.83. The molecule has 0 bridgehead atoms. The van der Waals surface area contributed by atoms with E-state index < -0.39 is 12.1 Å². The van der Waals surface area contributed by atoms with E-state index in [-0.39, 0.29) is 13.2 Å². The van der Waals surface area contributed by atoms with Crippen LogP contribution in [0.4, 0.5) is 0 Å². The van der Waals surface area contributed by atoms with Gasteiger partial charge in [0.15, 0.2) is 0 Å². The Morgan fingerprint density at radius 1 is 1.42 bits per heavy atom. The van der Waals surface area contributed by atoms with Gasteiger partial charge in [0.25, 0.3) is 0 Å². The van der Waals surface area contributed by atoms with Crippen molar-refractivity contribution in [2.45, 2.75) is 13.0 Å². The van der Waals surface area contributed by atoms with E-state index in [1.54, 1.807) is 37.3 Å². The fraction of sp³-hybridized carbons (Fsp3) is 0.286. The topological polar surface area (TPSA) is 72.8 Å². The number of aldehydes is 1. The number of carbonyl (C=O) groups excluding carboxylic acids is 2. The summed E-state index contributed by atoms with van der Waals surface area (Å²) in [6.45, 7) is 1.53. The van der Waals surface area contributed by atoms with Gasteiger partial charge in [-0.3, -0.25) is 4.79 Å². The van der Waals surface area contributed by atoms with Crippen LogP contribution in [0.25, 0.3) is 0 Å². The molecule has 0 fully saturated rings. The van der Waals surface area contributed by atoms with Crippen molar-refractivity contribution in [3.63, 3.8) is 0 Å². The number of aliphatic hydroxyl groups is 1. The first kappa shape index (κ1) is 14.9. The van der Waals surface area contributed by atoms with E-state index in [0.29, 0.717) is 17.6 Å². The highest BCUT2D eigenvalue weighted by atomic mass is 16.5. The van der Waals surface area contributed by atoms with Gasteiger partial charge in [0, 0.05) is 11.6 Å². The summed E-state index contributed by atoms with van der Waals surface area (Å²) in [6.07, 6.45) is 2.61. The van der Waals surface area contributed by atoms with Crippen LogP contribution in [-0.4, -0.2) is 36.7 Å². The summed E-state index contributed by atoms with van der Waals surface area (Å²) in [5, 5.41) is 9.56. The molecule has 0 amide bonds. The fourth-order valence-electron chi connectivity index (χ4n) is 1.28. The lowest BCUT2D eigenvalue weighted by Gasteiger charge is -2.12. The lowest BCUT2D eigenvalue weighted by molar-refractivity contribution is -0.141. The second kappa shape index (κ2) is 8.05. The molecular weight excluding hydrogens is 248 g/mol. The molecule has 1 rings (SSSR count). The molecule has 19 heavy (non-hydrogen) atoms. The fourth-order valence-corrected chi connectivity index (χ4v) is 1.28. The Bertz CT molecular complexity index is 453. The Morgan fingerprint density at radius 2 is 2.21 bits per heavy atom. The molecule has 0 aliphatic carbocycles. The maximum Gasteiger partial charge on any atom is 0.330 e.